The van der Waals surface area contributed by atoms with Gasteiger partial charge in [-0.15, -0.1) is 0 Å². The van der Waals surface area contributed by atoms with Gasteiger partial charge in [0.1, 0.15) is 12.7 Å². The van der Waals surface area contributed by atoms with Crippen molar-refractivity contribution < 1.29 is 52.2 Å². The van der Waals surface area contributed by atoms with Crippen molar-refractivity contribution in [3.8, 4) is 0 Å². The Morgan fingerprint density at radius 3 is 1.07 bits per heavy atom. The molecule has 0 bridgehead atoms. The van der Waals surface area contributed by atoms with Crippen LogP contribution in [0, 0.1) is 0 Å². The maximum absolute atomic E-state index is 12.9. The number of allylic oxidation sites excluding steroid dienone is 8. The van der Waals surface area contributed by atoms with Crippen molar-refractivity contribution in [2.75, 3.05) is 26.4 Å². The predicted molar refractivity (Wildman–Crippen MR) is 316 cm³/mol. The molecule has 0 heterocycles. The summed E-state index contributed by atoms with van der Waals surface area (Å²) in [5.74, 6) is -1.46. The molecule has 0 aromatic carbocycles. The van der Waals surface area contributed by atoms with Gasteiger partial charge in [-0.1, -0.05) is 256 Å². The van der Waals surface area contributed by atoms with Gasteiger partial charge in [0, 0.05) is 19.3 Å². The SMILES string of the molecule is CC/C=C\C/C=C\C/C=C\CCCCCCCC(=O)OC(CO)COP(=O)(O)OCC(COC(=O)CCCCCCCCCCCCCCCCCCC)OC(=O)CCCCCCCCC/C=C\CCCCCCCC. The highest BCUT2D eigenvalue weighted by Gasteiger charge is 2.28. The largest absolute Gasteiger partial charge is 0.472 e. The van der Waals surface area contributed by atoms with E-state index in [4.69, 9.17) is 23.3 Å². The molecule has 0 aliphatic carbocycles. The first kappa shape index (κ1) is 73.4. The van der Waals surface area contributed by atoms with Crippen LogP contribution >= 0.6 is 7.82 Å². The minimum Gasteiger partial charge on any atom is -0.462 e. The molecule has 3 atom stereocenters. The van der Waals surface area contributed by atoms with Gasteiger partial charge in [-0.3, -0.25) is 23.4 Å². The summed E-state index contributed by atoms with van der Waals surface area (Å²) in [6.45, 7) is 4.56. The third-order valence-electron chi connectivity index (χ3n) is 13.7. The molecule has 0 aromatic heterocycles. The van der Waals surface area contributed by atoms with Crippen molar-refractivity contribution >= 4 is 25.7 Å². The molecule has 0 radical (unpaired) electrons. The second-order valence-corrected chi connectivity index (χ2v) is 22.7. The fourth-order valence-electron chi connectivity index (χ4n) is 8.96. The van der Waals surface area contributed by atoms with Crippen LogP contribution in [0.4, 0.5) is 0 Å². The minimum absolute atomic E-state index is 0.159. The average molecular weight is 1090 g/mol. The Morgan fingerprint density at radius 1 is 0.382 bits per heavy atom. The Kier molecular flexibility index (Phi) is 56.6. The number of carbonyl (C=O) groups excluding carboxylic acids is 3. The number of esters is 3. The topological polar surface area (TPSA) is 155 Å². The molecule has 12 heteroatoms. The number of rotatable bonds is 59. The van der Waals surface area contributed by atoms with Crippen LogP contribution < -0.4 is 0 Å². The van der Waals surface area contributed by atoms with E-state index < -0.39 is 57.8 Å². The Morgan fingerprint density at radius 2 is 0.684 bits per heavy atom. The molecule has 0 rings (SSSR count). The number of phosphoric ester groups is 1. The summed E-state index contributed by atoms with van der Waals surface area (Å²) < 4.78 is 39.6. The number of hydrogen-bond acceptors (Lipinski definition) is 10. The molecule has 0 aliphatic heterocycles. The van der Waals surface area contributed by atoms with Gasteiger partial charge in [0.25, 0.3) is 0 Å². The summed E-state index contributed by atoms with van der Waals surface area (Å²) in [4.78, 5) is 48.7. The number of aliphatic hydroxyl groups is 1. The number of unbranched alkanes of at least 4 members (excludes halogenated alkanes) is 34. The van der Waals surface area contributed by atoms with E-state index in [9.17, 15) is 28.9 Å². The lowest BCUT2D eigenvalue weighted by molar-refractivity contribution is -0.161. The predicted octanol–water partition coefficient (Wildman–Crippen LogP) is 18.9. The first-order chi connectivity index (χ1) is 37.2. The normalized spacial score (nSPS) is 13.6. The van der Waals surface area contributed by atoms with E-state index in [0.29, 0.717) is 19.3 Å². The molecular weight excluding hydrogens is 976 g/mol. The second-order valence-electron chi connectivity index (χ2n) is 21.2. The van der Waals surface area contributed by atoms with Crippen molar-refractivity contribution in [3.63, 3.8) is 0 Å². The molecular formula is C64H117O11P. The van der Waals surface area contributed by atoms with Crippen molar-refractivity contribution in [2.45, 2.75) is 315 Å². The zero-order chi connectivity index (χ0) is 55.5. The zero-order valence-electron chi connectivity index (χ0n) is 49.2. The van der Waals surface area contributed by atoms with Crippen LogP contribution in [0.3, 0.4) is 0 Å². The minimum atomic E-state index is -4.75. The van der Waals surface area contributed by atoms with Gasteiger partial charge in [-0.05, 0) is 77.0 Å². The van der Waals surface area contributed by atoms with Crippen LogP contribution in [0.1, 0.15) is 303 Å². The van der Waals surface area contributed by atoms with E-state index in [0.717, 1.165) is 96.3 Å². The van der Waals surface area contributed by atoms with Gasteiger partial charge < -0.3 is 24.2 Å². The first-order valence-electron chi connectivity index (χ1n) is 31.5. The molecule has 444 valence electrons. The molecule has 0 saturated carbocycles. The van der Waals surface area contributed by atoms with Crippen molar-refractivity contribution in [3.05, 3.63) is 48.6 Å². The number of hydrogen-bond donors (Lipinski definition) is 2. The highest BCUT2D eigenvalue weighted by molar-refractivity contribution is 7.47. The first-order valence-corrected chi connectivity index (χ1v) is 33.0. The highest BCUT2D eigenvalue weighted by atomic mass is 31.2. The van der Waals surface area contributed by atoms with Crippen LogP contribution in [0.5, 0.6) is 0 Å². The molecule has 0 aliphatic rings. The maximum Gasteiger partial charge on any atom is 0.472 e. The lowest BCUT2D eigenvalue weighted by Gasteiger charge is -2.21. The summed E-state index contributed by atoms with van der Waals surface area (Å²) in [5.41, 5.74) is 0. The third kappa shape index (κ3) is 56.2. The molecule has 0 amide bonds. The highest BCUT2D eigenvalue weighted by Crippen LogP contribution is 2.43. The molecule has 0 aromatic rings. The van der Waals surface area contributed by atoms with Crippen molar-refractivity contribution in [1.29, 1.82) is 0 Å². The van der Waals surface area contributed by atoms with Crippen LogP contribution in [0.15, 0.2) is 48.6 Å². The Hall–Kier alpha value is -2.56. The Labute approximate surface area is 466 Å². The average Bonchev–Trinajstić information content (AvgIpc) is 3.41. The van der Waals surface area contributed by atoms with Crippen LogP contribution in [-0.2, 0) is 42.2 Å². The van der Waals surface area contributed by atoms with E-state index in [1.807, 2.05) is 0 Å². The Bertz CT molecular complexity index is 1460. The van der Waals surface area contributed by atoms with Crippen LogP contribution in [0.25, 0.3) is 0 Å². The molecule has 11 nitrogen and oxygen atoms in total. The zero-order valence-corrected chi connectivity index (χ0v) is 50.1. The Balaban J connectivity index is 4.69. The van der Waals surface area contributed by atoms with Crippen LogP contribution in [0.2, 0.25) is 0 Å². The molecule has 2 N–H and O–H groups in total. The van der Waals surface area contributed by atoms with Gasteiger partial charge in [-0.25, -0.2) is 4.57 Å². The number of ether oxygens (including phenoxy) is 3. The standard InChI is InChI=1S/C64H117O11P/c1-4-7-10-13-16-19-22-25-28-30-33-35-38-41-44-47-50-53-62(66)71-57-61(75-64(68)55-52-49-46-43-40-37-34-31-29-26-23-20-17-14-11-8-5-2)59-73-76(69,70)72-58-60(56-65)74-63(67)54-51-48-45-42-39-36-32-27-24-21-18-15-12-9-6-3/h9,12,18,21,26-27,29,32,60-61,65H,4-8,10-11,13-17,19-20,22-25,28,30-31,33-59H2,1-3H3,(H,69,70)/b12-9-,21-18-,29-26-,32-27-. The molecule has 0 saturated heterocycles. The lowest BCUT2D eigenvalue weighted by Crippen LogP contribution is -2.30. The van der Waals surface area contributed by atoms with Crippen LogP contribution in [-0.4, -0.2) is 66.5 Å². The third-order valence-corrected chi connectivity index (χ3v) is 14.7. The van der Waals surface area contributed by atoms with Gasteiger partial charge in [0.05, 0.1) is 19.8 Å². The van der Waals surface area contributed by atoms with Gasteiger partial charge >= 0.3 is 25.7 Å². The maximum atomic E-state index is 12.9. The van der Waals surface area contributed by atoms with E-state index in [1.165, 1.54) is 148 Å². The lowest BCUT2D eigenvalue weighted by atomic mass is 10.0. The number of aliphatic hydroxyl groups excluding tert-OH is 1. The summed E-state index contributed by atoms with van der Waals surface area (Å²) in [7, 11) is -4.75. The molecule has 0 fully saturated rings. The monoisotopic (exact) mass is 1090 g/mol. The summed E-state index contributed by atoms with van der Waals surface area (Å²) in [6, 6.07) is 0. The molecule has 0 spiro atoms. The van der Waals surface area contributed by atoms with E-state index in [1.54, 1.807) is 0 Å². The number of carbonyl (C=O) groups is 3. The fourth-order valence-corrected chi connectivity index (χ4v) is 9.74. The molecule has 3 unspecified atom stereocenters. The summed E-state index contributed by atoms with van der Waals surface area (Å²) in [5, 5.41) is 9.83. The quantitative estimate of drug-likeness (QED) is 0.0197. The number of phosphoric acid groups is 1. The van der Waals surface area contributed by atoms with Gasteiger partial charge in [-0.2, -0.15) is 0 Å². The van der Waals surface area contributed by atoms with E-state index in [2.05, 4.69) is 69.4 Å². The molecule has 76 heavy (non-hydrogen) atoms. The smallest absolute Gasteiger partial charge is 0.462 e. The van der Waals surface area contributed by atoms with Crippen molar-refractivity contribution in [2.24, 2.45) is 0 Å². The van der Waals surface area contributed by atoms with E-state index >= 15 is 0 Å². The van der Waals surface area contributed by atoms with Gasteiger partial charge in [0.15, 0.2) is 6.10 Å². The summed E-state index contributed by atoms with van der Waals surface area (Å²) >= 11 is 0. The van der Waals surface area contributed by atoms with E-state index in [-0.39, 0.29) is 25.9 Å². The van der Waals surface area contributed by atoms with Crippen molar-refractivity contribution in [1.82, 2.24) is 0 Å². The fraction of sp³-hybridized carbons (Fsp3) is 0.828. The second kappa shape index (κ2) is 58.6. The summed E-state index contributed by atoms with van der Waals surface area (Å²) in [6.07, 6.45) is 63.5. The van der Waals surface area contributed by atoms with Gasteiger partial charge in [0.2, 0.25) is 0 Å².